The molecule has 26 heavy (non-hydrogen) atoms. The molecule has 3 rings (SSSR count). The number of amides is 3. The first-order chi connectivity index (χ1) is 12.5. The smallest absolute Gasteiger partial charge is 0.321 e. The first-order valence-electron chi connectivity index (χ1n) is 9.22. The topological polar surface area (TPSA) is 98.7 Å². The zero-order valence-electron chi connectivity index (χ0n) is 14.7. The van der Waals surface area contributed by atoms with E-state index in [4.69, 9.17) is 5.11 Å². The molecule has 0 bridgehead atoms. The fourth-order valence-electron chi connectivity index (χ4n) is 3.63. The van der Waals surface area contributed by atoms with Crippen molar-refractivity contribution in [2.45, 2.75) is 38.5 Å². The lowest BCUT2D eigenvalue weighted by Gasteiger charge is -2.21. The molecule has 1 heterocycles. The van der Waals surface area contributed by atoms with Gasteiger partial charge in [0.1, 0.15) is 0 Å². The van der Waals surface area contributed by atoms with Crippen LogP contribution in [0.5, 0.6) is 0 Å². The minimum absolute atomic E-state index is 0.0389. The van der Waals surface area contributed by atoms with Crippen molar-refractivity contribution in [2.75, 3.05) is 23.7 Å². The SMILES string of the molecule is O=C(O)C1CCN(C(=O)Nc2cccc(NC(=O)C3CCCCC3)c2)C1. The molecule has 2 fully saturated rings. The Bertz CT molecular complexity index is 685. The summed E-state index contributed by atoms with van der Waals surface area (Å²) >= 11 is 0. The molecule has 7 heteroatoms. The van der Waals surface area contributed by atoms with Crippen LogP contribution in [0.25, 0.3) is 0 Å². The van der Waals surface area contributed by atoms with Crippen LogP contribution in [0.3, 0.4) is 0 Å². The summed E-state index contributed by atoms with van der Waals surface area (Å²) < 4.78 is 0. The Labute approximate surface area is 152 Å². The minimum Gasteiger partial charge on any atom is -0.481 e. The molecule has 1 saturated heterocycles. The van der Waals surface area contributed by atoms with Gasteiger partial charge in [-0.2, -0.15) is 0 Å². The summed E-state index contributed by atoms with van der Waals surface area (Å²) in [5.41, 5.74) is 1.23. The Balaban J connectivity index is 1.56. The summed E-state index contributed by atoms with van der Waals surface area (Å²) in [6, 6.07) is 6.73. The molecule has 1 aromatic rings. The number of nitrogens with zero attached hydrogens (tertiary/aromatic N) is 1. The highest BCUT2D eigenvalue weighted by atomic mass is 16.4. The Morgan fingerprint density at radius 3 is 2.31 bits per heavy atom. The Morgan fingerprint density at radius 2 is 1.65 bits per heavy atom. The number of aliphatic carboxylic acids is 1. The zero-order valence-corrected chi connectivity index (χ0v) is 14.7. The van der Waals surface area contributed by atoms with E-state index in [1.54, 1.807) is 24.3 Å². The minimum atomic E-state index is -0.868. The first-order valence-corrected chi connectivity index (χ1v) is 9.22. The van der Waals surface area contributed by atoms with Crippen molar-refractivity contribution in [1.29, 1.82) is 0 Å². The van der Waals surface area contributed by atoms with Crippen LogP contribution in [-0.4, -0.2) is 41.0 Å². The van der Waals surface area contributed by atoms with Crippen molar-refractivity contribution in [3.05, 3.63) is 24.3 Å². The van der Waals surface area contributed by atoms with Crippen LogP contribution in [0.1, 0.15) is 38.5 Å². The Kier molecular flexibility index (Phi) is 5.75. The van der Waals surface area contributed by atoms with Crippen LogP contribution in [0.2, 0.25) is 0 Å². The number of rotatable bonds is 4. The number of hydrogen-bond acceptors (Lipinski definition) is 3. The van der Waals surface area contributed by atoms with Crippen molar-refractivity contribution in [3.63, 3.8) is 0 Å². The highest BCUT2D eigenvalue weighted by Gasteiger charge is 2.30. The van der Waals surface area contributed by atoms with Gasteiger partial charge in [-0.15, -0.1) is 0 Å². The number of carbonyl (C=O) groups excluding carboxylic acids is 2. The molecule has 1 aromatic carbocycles. The predicted octanol–water partition coefficient (Wildman–Crippen LogP) is 3.14. The molecule has 1 atom stereocenters. The second-order valence-electron chi connectivity index (χ2n) is 7.10. The molecule has 1 aliphatic heterocycles. The number of likely N-dealkylation sites (tertiary alicyclic amines) is 1. The second-order valence-corrected chi connectivity index (χ2v) is 7.10. The third-order valence-corrected chi connectivity index (χ3v) is 5.18. The standard InChI is InChI=1S/C19H25N3O4/c23-17(13-5-2-1-3-6-13)20-15-7-4-8-16(11-15)21-19(26)22-10-9-14(12-22)18(24)25/h4,7-8,11,13-14H,1-3,5-6,9-10,12H2,(H,20,23)(H,21,26)(H,24,25). The molecule has 0 radical (unpaired) electrons. The fraction of sp³-hybridized carbons (Fsp3) is 0.526. The molecule has 1 aliphatic carbocycles. The van der Waals surface area contributed by atoms with E-state index in [1.807, 2.05) is 0 Å². The van der Waals surface area contributed by atoms with Gasteiger partial charge in [-0.05, 0) is 37.5 Å². The second kappa shape index (κ2) is 8.21. The van der Waals surface area contributed by atoms with Crippen LogP contribution in [0, 0.1) is 11.8 Å². The van der Waals surface area contributed by atoms with E-state index >= 15 is 0 Å². The van der Waals surface area contributed by atoms with Crippen molar-refractivity contribution >= 4 is 29.3 Å². The van der Waals surface area contributed by atoms with Gasteiger partial charge in [0.2, 0.25) is 5.91 Å². The summed E-state index contributed by atoms with van der Waals surface area (Å²) in [5, 5.41) is 14.7. The van der Waals surface area contributed by atoms with Gasteiger partial charge in [0.05, 0.1) is 5.92 Å². The molecular formula is C19H25N3O4. The lowest BCUT2D eigenvalue weighted by Crippen LogP contribution is -2.33. The maximum absolute atomic E-state index is 12.3. The summed E-state index contributed by atoms with van der Waals surface area (Å²) in [6.07, 6.45) is 5.73. The zero-order chi connectivity index (χ0) is 18.5. The van der Waals surface area contributed by atoms with E-state index in [0.717, 1.165) is 25.7 Å². The van der Waals surface area contributed by atoms with Crippen molar-refractivity contribution < 1.29 is 19.5 Å². The summed E-state index contributed by atoms with van der Waals surface area (Å²) in [7, 11) is 0. The number of anilines is 2. The van der Waals surface area contributed by atoms with Crippen molar-refractivity contribution in [3.8, 4) is 0 Å². The van der Waals surface area contributed by atoms with Gasteiger partial charge >= 0.3 is 12.0 Å². The van der Waals surface area contributed by atoms with Crippen LogP contribution in [0.4, 0.5) is 16.2 Å². The molecule has 7 nitrogen and oxygen atoms in total. The highest BCUT2D eigenvalue weighted by Crippen LogP contribution is 2.26. The van der Waals surface area contributed by atoms with Gasteiger partial charge in [-0.3, -0.25) is 9.59 Å². The van der Waals surface area contributed by atoms with E-state index in [0.29, 0.717) is 24.3 Å². The van der Waals surface area contributed by atoms with Gasteiger partial charge in [0, 0.05) is 30.4 Å². The number of carboxylic acid groups (broad SMARTS) is 1. The summed E-state index contributed by atoms with van der Waals surface area (Å²) in [5.74, 6) is -1.26. The van der Waals surface area contributed by atoms with Crippen LogP contribution in [-0.2, 0) is 9.59 Å². The van der Waals surface area contributed by atoms with Crippen molar-refractivity contribution in [2.24, 2.45) is 11.8 Å². The van der Waals surface area contributed by atoms with Gasteiger partial charge in [-0.1, -0.05) is 25.3 Å². The number of benzene rings is 1. The average Bonchev–Trinajstić information content (AvgIpc) is 3.13. The maximum Gasteiger partial charge on any atom is 0.321 e. The monoisotopic (exact) mass is 359 g/mol. The number of hydrogen-bond donors (Lipinski definition) is 3. The molecule has 3 N–H and O–H groups in total. The van der Waals surface area contributed by atoms with E-state index in [9.17, 15) is 14.4 Å². The largest absolute Gasteiger partial charge is 0.481 e. The first kappa shape index (κ1) is 18.2. The summed E-state index contributed by atoms with van der Waals surface area (Å²) in [6.45, 7) is 0.653. The highest BCUT2D eigenvalue weighted by molar-refractivity contribution is 5.94. The van der Waals surface area contributed by atoms with Gasteiger partial charge in [0.25, 0.3) is 0 Å². The van der Waals surface area contributed by atoms with Gasteiger partial charge in [-0.25, -0.2) is 4.79 Å². The lowest BCUT2D eigenvalue weighted by molar-refractivity contribution is -0.141. The fourth-order valence-corrected chi connectivity index (χ4v) is 3.63. The lowest BCUT2D eigenvalue weighted by atomic mass is 9.88. The number of carboxylic acids is 1. The van der Waals surface area contributed by atoms with Crippen LogP contribution >= 0.6 is 0 Å². The van der Waals surface area contributed by atoms with E-state index in [2.05, 4.69) is 10.6 Å². The summed E-state index contributed by atoms with van der Waals surface area (Å²) in [4.78, 5) is 37.2. The van der Waals surface area contributed by atoms with Crippen LogP contribution < -0.4 is 10.6 Å². The average molecular weight is 359 g/mol. The molecule has 140 valence electrons. The molecule has 2 aliphatic rings. The molecule has 1 unspecified atom stereocenters. The molecular weight excluding hydrogens is 334 g/mol. The Hall–Kier alpha value is -2.57. The van der Waals surface area contributed by atoms with E-state index < -0.39 is 11.9 Å². The molecule has 0 spiro atoms. The predicted molar refractivity (Wildman–Crippen MR) is 98.0 cm³/mol. The number of carbonyl (C=O) groups is 3. The quantitative estimate of drug-likeness (QED) is 0.769. The van der Waals surface area contributed by atoms with E-state index in [1.165, 1.54) is 11.3 Å². The van der Waals surface area contributed by atoms with Gasteiger partial charge < -0.3 is 20.6 Å². The van der Waals surface area contributed by atoms with Crippen molar-refractivity contribution in [1.82, 2.24) is 4.90 Å². The maximum atomic E-state index is 12.3. The van der Waals surface area contributed by atoms with E-state index in [-0.39, 0.29) is 24.4 Å². The normalized spacial score (nSPS) is 20.6. The molecule has 0 aromatic heterocycles. The number of nitrogens with one attached hydrogen (secondary N) is 2. The molecule has 1 saturated carbocycles. The third kappa shape index (κ3) is 4.53. The van der Waals surface area contributed by atoms with Gasteiger partial charge in [0.15, 0.2) is 0 Å². The Morgan fingerprint density at radius 1 is 0.962 bits per heavy atom. The number of urea groups is 1. The third-order valence-electron chi connectivity index (χ3n) is 5.18. The van der Waals surface area contributed by atoms with Crippen LogP contribution in [0.15, 0.2) is 24.3 Å². The molecule has 3 amide bonds.